The highest BCUT2D eigenvalue weighted by Gasteiger charge is 2.12. The van der Waals surface area contributed by atoms with Crippen LogP contribution in [0.2, 0.25) is 0 Å². The SMILES string of the molecule is COC(C)c1nc(C(C)O)n[nH]1. The maximum Gasteiger partial charge on any atom is 0.178 e. The van der Waals surface area contributed by atoms with E-state index in [4.69, 9.17) is 9.84 Å². The van der Waals surface area contributed by atoms with Gasteiger partial charge in [-0.05, 0) is 13.8 Å². The van der Waals surface area contributed by atoms with Gasteiger partial charge in [0.25, 0.3) is 0 Å². The second kappa shape index (κ2) is 3.64. The lowest BCUT2D eigenvalue weighted by atomic mass is 10.4. The monoisotopic (exact) mass is 171 g/mol. The lowest BCUT2D eigenvalue weighted by Crippen LogP contribution is -1.99. The number of aromatic nitrogens is 3. The van der Waals surface area contributed by atoms with Gasteiger partial charge in [0.1, 0.15) is 12.2 Å². The molecule has 2 unspecified atom stereocenters. The second-order valence-corrected chi connectivity index (χ2v) is 2.63. The molecule has 0 saturated carbocycles. The minimum Gasteiger partial charge on any atom is -0.385 e. The molecule has 1 rings (SSSR count). The number of aliphatic hydroxyl groups is 1. The van der Waals surface area contributed by atoms with Gasteiger partial charge in [-0.3, -0.25) is 5.10 Å². The van der Waals surface area contributed by atoms with Crippen molar-refractivity contribution in [2.75, 3.05) is 7.11 Å². The van der Waals surface area contributed by atoms with E-state index in [1.807, 2.05) is 6.92 Å². The Kier molecular flexibility index (Phi) is 2.78. The van der Waals surface area contributed by atoms with Gasteiger partial charge in [0.2, 0.25) is 0 Å². The van der Waals surface area contributed by atoms with Crippen LogP contribution in [0.4, 0.5) is 0 Å². The van der Waals surface area contributed by atoms with Crippen molar-refractivity contribution in [1.82, 2.24) is 15.2 Å². The molecule has 0 amide bonds. The summed E-state index contributed by atoms with van der Waals surface area (Å²) in [5, 5.41) is 15.6. The number of rotatable bonds is 3. The quantitative estimate of drug-likeness (QED) is 0.697. The van der Waals surface area contributed by atoms with Crippen LogP contribution in [-0.4, -0.2) is 27.4 Å². The molecule has 5 heteroatoms. The number of aromatic amines is 1. The summed E-state index contributed by atoms with van der Waals surface area (Å²) in [6.45, 7) is 3.47. The van der Waals surface area contributed by atoms with Crippen LogP contribution in [0.25, 0.3) is 0 Å². The Morgan fingerprint density at radius 2 is 2.17 bits per heavy atom. The predicted octanol–water partition coefficient (Wildman–Crippen LogP) is 0.565. The minimum atomic E-state index is -0.640. The molecule has 68 valence electrons. The molecule has 2 N–H and O–H groups in total. The molecular formula is C7H13N3O2. The zero-order valence-corrected chi connectivity index (χ0v) is 7.40. The maximum atomic E-state index is 9.11. The van der Waals surface area contributed by atoms with Crippen molar-refractivity contribution in [3.8, 4) is 0 Å². The van der Waals surface area contributed by atoms with Crippen molar-refractivity contribution in [2.45, 2.75) is 26.1 Å². The molecule has 0 radical (unpaired) electrons. The summed E-state index contributed by atoms with van der Waals surface area (Å²) in [5.41, 5.74) is 0. The zero-order valence-electron chi connectivity index (χ0n) is 7.40. The Morgan fingerprint density at radius 3 is 2.58 bits per heavy atom. The van der Waals surface area contributed by atoms with E-state index < -0.39 is 6.10 Å². The summed E-state index contributed by atoms with van der Waals surface area (Å²) in [4.78, 5) is 4.04. The van der Waals surface area contributed by atoms with Gasteiger partial charge < -0.3 is 9.84 Å². The summed E-state index contributed by atoms with van der Waals surface area (Å²) < 4.78 is 5.01. The third kappa shape index (κ3) is 1.80. The van der Waals surface area contributed by atoms with E-state index in [1.54, 1.807) is 14.0 Å². The lowest BCUT2D eigenvalue weighted by molar-refractivity contribution is 0.112. The van der Waals surface area contributed by atoms with Gasteiger partial charge in [0.05, 0.1) is 0 Å². The molecule has 1 aromatic rings. The fraction of sp³-hybridized carbons (Fsp3) is 0.714. The number of hydrogen-bond acceptors (Lipinski definition) is 4. The van der Waals surface area contributed by atoms with Crippen LogP contribution in [0, 0.1) is 0 Å². The lowest BCUT2D eigenvalue weighted by Gasteiger charge is -2.03. The average Bonchev–Trinajstić information content (AvgIpc) is 2.51. The Bertz CT molecular complexity index is 247. The number of ether oxygens (including phenoxy) is 1. The predicted molar refractivity (Wildman–Crippen MR) is 42.4 cm³/mol. The van der Waals surface area contributed by atoms with E-state index in [-0.39, 0.29) is 6.10 Å². The van der Waals surface area contributed by atoms with E-state index in [1.165, 1.54) is 0 Å². The maximum absolute atomic E-state index is 9.11. The Balaban J connectivity index is 2.77. The summed E-state index contributed by atoms with van der Waals surface area (Å²) in [7, 11) is 1.59. The third-order valence-corrected chi connectivity index (χ3v) is 1.63. The minimum absolute atomic E-state index is 0.120. The van der Waals surface area contributed by atoms with Crippen LogP contribution >= 0.6 is 0 Å². The first-order chi connectivity index (χ1) is 5.65. The van der Waals surface area contributed by atoms with Gasteiger partial charge in [-0.1, -0.05) is 0 Å². The van der Waals surface area contributed by atoms with Gasteiger partial charge in [0, 0.05) is 7.11 Å². The van der Waals surface area contributed by atoms with Crippen LogP contribution in [0.5, 0.6) is 0 Å². The van der Waals surface area contributed by atoms with Gasteiger partial charge >= 0.3 is 0 Å². The largest absolute Gasteiger partial charge is 0.385 e. The topological polar surface area (TPSA) is 71.0 Å². The molecular weight excluding hydrogens is 158 g/mol. The highest BCUT2D eigenvalue weighted by Crippen LogP contribution is 2.12. The summed E-state index contributed by atoms with van der Waals surface area (Å²) >= 11 is 0. The highest BCUT2D eigenvalue weighted by atomic mass is 16.5. The molecule has 1 aromatic heterocycles. The van der Waals surface area contributed by atoms with Crippen LogP contribution in [0.1, 0.15) is 37.7 Å². The molecule has 0 aliphatic carbocycles. The molecule has 0 bridgehead atoms. The first kappa shape index (κ1) is 9.15. The Labute approximate surface area is 70.8 Å². The molecule has 0 fully saturated rings. The number of H-pyrrole nitrogens is 1. The molecule has 0 aromatic carbocycles. The highest BCUT2D eigenvalue weighted by molar-refractivity contribution is 4.94. The Morgan fingerprint density at radius 1 is 1.50 bits per heavy atom. The number of nitrogens with zero attached hydrogens (tertiary/aromatic N) is 2. The van der Waals surface area contributed by atoms with Crippen molar-refractivity contribution in [1.29, 1.82) is 0 Å². The second-order valence-electron chi connectivity index (χ2n) is 2.63. The van der Waals surface area contributed by atoms with Crippen LogP contribution < -0.4 is 0 Å². The smallest absolute Gasteiger partial charge is 0.178 e. The zero-order chi connectivity index (χ0) is 9.14. The van der Waals surface area contributed by atoms with Crippen molar-refractivity contribution < 1.29 is 9.84 Å². The molecule has 1 heterocycles. The first-order valence-corrected chi connectivity index (χ1v) is 3.78. The van der Waals surface area contributed by atoms with Gasteiger partial charge in [-0.25, -0.2) is 4.98 Å². The summed E-state index contributed by atoms with van der Waals surface area (Å²) in [5.74, 6) is 1.03. The average molecular weight is 171 g/mol. The first-order valence-electron chi connectivity index (χ1n) is 3.78. The molecule has 0 aliphatic rings. The van der Waals surface area contributed by atoms with E-state index in [0.717, 1.165) is 0 Å². The van der Waals surface area contributed by atoms with E-state index >= 15 is 0 Å². The van der Waals surface area contributed by atoms with E-state index in [2.05, 4.69) is 15.2 Å². The van der Waals surface area contributed by atoms with Crippen molar-refractivity contribution >= 4 is 0 Å². The van der Waals surface area contributed by atoms with E-state index in [9.17, 15) is 0 Å². The number of aliphatic hydroxyl groups excluding tert-OH is 1. The molecule has 2 atom stereocenters. The summed E-state index contributed by atoms with van der Waals surface area (Å²) in [6, 6.07) is 0. The van der Waals surface area contributed by atoms with Gasteiger partial charge in [-0.15, -0.1) is 0 Å². The number of nitrogens with one attached hydrogen (secondary N) is 1. The van der Waals surface area contributed by atoms with Gasteiger partial charge in [-0.2, -0.15) is 5.10 Å². The van der Waals surface area contributed by atoms with Crippen molar-refractivity contribution in [2.24, 2.45) is 0 Å². The normalized spacial score (nSPS) is 16.0. The number of methoxy groups -OCH3 is 1. The molecule has 12 heavy (non-hydrogen) atoms. The summed E-state index contributed by atoms with van der Waals surface area (Å²) in [6.07, 6.45) is -0.760. The van der Waals surface area contributed by atoms with Gasteiger partial charge in [0.15, 0.2) is 11.6 Å². The fourth-order valence-corrected chi connectivity index (χ4v) is 0.768. The third-order valence-electron chi connectivity index (χ3n) is 1.63. The van der Waals surface area contributed by atoms with Crippen molar-refractivity contribution in [3.63, 3.8) is 0 Å². The van der Waals surface area contributed by atoms with Crippen LogP contribution in [-0.2, 0) is 4.74 Å². The molecule has 5 nitrogen and oxygen atoms in total. The standard InChI is InChI=1S/C7H13N3O2/c1-4(11)6-8-7(10-9-6)5(2)12-3/h4-5,11H,1-3H3,(H,8,9,10). The van der Waals surface area contributed by atoms with E-state index in [0.29, 0.717) is 11.6 Å². The van der Waals surface area contributed by atoms with Crippen molar-refractivity contribution in [3.05, 3.63) is 11.6 Å². The fourth-order valence-electron chi connectivity index (χ4n) is 0.768. The number of hydrogen-bond donors (Lipinski definition) is 2. The Hall–Kier alpha value is -0.940. The van der Waals surface area contributed by atoms with Crippen LogP contribution in [0.3, 0.4) is 0 Å². The molecule has 0 aliphatic heterocycles. The molecule has 0 saturated heterocycles. The van der Waals surface area contributed by atoms with Crippen LogP contribution in [0.15, 0.2) is 0 Å². The molecule has 0 spiro atoms.